The van der Waals surface area contributed by atoms with Crippen LogP contribution in [0.4, 0.5) is 10.1 Å². The number of aryl methyl sites for hydroxylation is 1. The Kier molecular flexibility index (Phi) is 3.72. The summed E-state index contributed by atoms with van der Waals surface area (Å²) in [5.41, 5.74) is 5.69. The number of nitrogens with one attached hydrogen (secondary N) is 1. The highest BCUT2D eigenvalue weighted by atomic mass is 32.2. The molecule has 0 aliphatic carbocycles. The van der Waals surface area contributed by atoms with Crippen LogP contribution in [0.25, 0.3) is 0 Å². The molecule has 2 rings (SSSR count). The van der Waals surface area contributed by atoms with E-state index >= 15 is 0 Å². The molecular weight excluding hydrogens is 301 g/mol. The number of sulfonamides is 1. The Labute approximate surface area is 121 Å². The second-order valence-corrected chi connectivity index (χ2v) is 6.65. The smallest absolute Gasteiger partial charge is 0.247 e. The van der Waals surface area contributed by atoms with E-state index in [9.17, 15) is 22.4 Å². The third-order valence-electron chi connectivity index (χ3n) is 3.20. The molecule has 1 unspecified atom stereocenters. The molecule has 1 atom stereocenters. The number of anilines is 1. The molecule has 1 aromatic rings. The molecule has 9 heteroatoms. The number of nitrogens with zero attached hydrogens (tertiary/aromatic N) is 1. The normalized spacial score (nSPS) is 20.4. The van der Waals surface area contributed by atoms with Gasteiger partial charge in [0, 0.05) is 5.69 Å². The number of carbonyl (C=O) groups excluding carboxylic acids is 2. The summed E-state index contributed by atoms with van der Waals surface area (Å²) < 4.78 is 39.8. The van der Waals surface area contributed by atoms with Crippen molar-refractivity contribution in [3.05, 3.63) is 23.5 Å². The molecule has 114 valence electrons. The van der Waals surface area contributed by atoms with Gasteiger partial charge in [-0.1, -0.05) is 0 Å². The van der Waals surface area contributed by atoms with Crippen molar-refractivity contribution in [2.45, 2.75) is 24.8 Å². The summed E-state index contributed by atoms with van der Waals surface area (Å²) >= 11 is 0. The van der Waals surface area contributed by atoms with Crippen LogP contribution in [0.5, 0.6) is 0 Å². The molecule has 0 saturated carbocycles. The summed E-state index contributed by atoms with van der Waals surface area (Å²) in [6, 6.07) is 1.15. The Hall–Kier alpha value is -2.00. The van der Waals surface area contributed by atoms with E-state index in [0.717, 1.165) is 6.07 Å². The molecule has 1 fully saturated rings. The minimum absolute atomic E-state index is 0.0639. The predicted octanol–water partition coefficient (Wildman–Crippen LogP) is -0.248. The monoisotopic (exact) mass is 315 g/mol. The molecule has 1 saturated heterocycles. The zero-order valence-electron chi connectivity index (χ0n) is 11.4. The Balaban J connectivity index is 2.57. The Morgan fingerprint density at radius 2 is 2.00 bits per heavy atom. The maximum Gasteiger partial charge on any atom is 0.247 e. The van der Waals surface area contributed by atoms with Gasteiger partial charge < -0.3 is 5.73 Å². The predicted molar refractivity (Wildman–Crippen MR) is 72.1 cm³/mol. The number of piperazine rings is 1. The SMILES string of the molecule is Cc1cc(N)cc(S(=O)(=O)N2CC(=O)NC(=O)C2C)c1F. The fourth-order valence-electron chi connectivity index (χ4n) is 2.06. The number of hydrogen-bond acceptors (Lipinski definition) is 5. The molecule has 21 heavy (non-hydrogen) atoms. The van der Waals surface area contributed by atoms with Crippen LogP contribution in [-0.2, 0) is 19.6 Å². The van der Waals surface area contributed by atoms with E-state index in [-0.39, 0.29) is 11.3 Å². The molecular formula is C12H14FN3O4S. The third-order valence-corrected chi connectivity index (χ3v) is 5.12. The highest BCUT2D eigenvalue weighted by Gasteiger charge is 2.40. The van der Waals surface area contributed by atoms with Crippen LogP contribution in [0, 0.1) is 12.7 Å². The molecule has 1 aromatic carbocycles. The lowest BCUT2D eigenvalue weighted by Gasteiger charge is -2.30. The first-order valence-corrected chi connectivity index (χ1v) is 7.49. The molecule has 0 spiro atoms. The van der Waals surface area contributed by atoms with Crippen molar-refractivity contribution in [3.63, 3.8) is 0 Å². The van der Waals surface area contributed by atoms with Gasteiger partial charge in [0.15, 0.2) is 0 Å². The topological polar surface area (TPSA) is 110 Å². The van der Waals surface area contributed by atoms with E-state index in [1.165, 1.54) is 19.9 Å². The van der Waals surface area contributed by atoms with Crippen molar-refractivity contribution < 1.29 is 22.4 Å². The molecule has 3 N–H and O–H groups in total. The minimum atomic E-state index is -4.36. The Morgan fingerprint density at radius 1 is 1.38 bits per heavy atom. The van der Waals surface area contributed by atoms with Gasteiger partial charge in [-0.2, -0.15) is 4.31 Å². The van der Waals surface area contributed by atoms with Crippen molar-refractivity contribution in [2.24, 2.45) is 0 Å². The van der Waals surface area contributed by atoms with E-state index in [1.54, 1.807) is 0 Å². The first-order chi connectivity index (χ1) is 9.64. The quantitative estimate of drug-likeness (QED) is 0.578. The first-order valence-electron chi connectivity index (χ1n) is 6.05. The molecule has 0 aromatic heterocycles. The summed E-state index contributed by atoms with van der Waals surface area (Å²) in [4.78, 5) is 22.3. The van der Waals surface area contributed by atoms with E-state index in [1.807, 2.05) is 5.32 Å². The summed E-state index contributed by atoms with van der Waals surface area (Å²) in [6.07, 6.45) is 0. The van der Waals surface area contributed by atoms with Crippen molar-refractivity contribution in [1.82, 2.24) is 9.62 Å². The van der Waals surface area contributed by atoms with Gasteiger partial charge in [0.05, 0.1) is 6.54 Å². The van der Waals surface area contributed by atoms with E-state index in [4.69, 9.17) is 5.73 Å². The second kappa shape index (κ2) is 5.08. The lowest BCUT2D eigenvalue weighted by Crippen LogP contribution is -2.58. The minimum Gasteiger partial charge on any atom is -0.399 e. The number of halogens is 1. The Bertz CT molecular complexity index is 732. The van der Waals surface area contributed by atoms with Gasteiger partial charge in [-0.15, -0.1) is 0 Å². The van der Waals surface area contributed by atoms with Crippen LogP contribution >= 0.6 is 0 Å². The number of nitrogens with two attached hydrogens (primary N) is 1. The summed E-state index contributed by atoms with van der Waals surface area (Å²) in [5, 5.41) is 2.02. The maximum absolute atomic E-state index is 14.1. The van der Waals surface area contributed by atoms with Crippen molar-refractivity contribution in [3.8, 4) is 0 Å². The average molecular weight is 315 g/mol. The van der Waals surface area contributed by atoms with Gasteiger partial charge in [-0.25, -0.2) is 12.8 Å². The zero-order valence-corrected chi connectivity index (χ0v) is 12.2. The van der Waals surface area contributed by atoms with Gasteiger partial charge in [-0.05, 0) is 31.5 Å². The summed E-state index contributed by atoms with van der Waals surface area (Å²) in [6.45, 7) is 2.14. The van der Waals surface area contributed by atoms with Crippen LogP contribution in [0.3, 0.4) is 0 Å². The van der Waals surface area contributed by atoms with Crippen molar-refractivity contribution in [1.29, 1.82) is 0 Å². The highest BCUT2D eigenvalue weighted by Crippen LogP contribution is 2.26. The number of hydrogen-bond donors (Lipinski definition) is 2. The molecule has 1 aliphatic heterocycles. The van der Waals surface area contributed by atoms with Gasteiger partial charge in [-0.3, -0.25) is 14.9 Å². The number of amides is 2. The molecule has 2 amide bonds. The second-order valence-electron chi connectivity index (χ2n) is 4.79. The molecule has 1 aliphatic rings. The largest absolute Gasteiger partial charge is 0.399 e. The number of carbonyl (C=O) groups is 2. The van der Waals surface area contributed by atoms with Crippen molar-refractivity contribution >= 4 is 27.5 Å². The number of rotatable bonds is 2. The maximum atomic E-state index is 14.1. The zero-order chi connectivity index (χ0) is 15.9. The summed E-state index contributed by atoms with van der Waals surface area (Å²) in [7, 11) is -4.36. The van der Waals surface area contributed by atoms with Crippen molar-refractivity contribution in [2.75, 3.05) is 12.3 Å². The molecule has 0 bridgehead atoms. The standard InChI is InChI=1S/C12H14FN3O4S/c1-6-3-8(14)4-9(11(6)13)21(19,20)16-5-10(17)15-12(18)7(16)2/h3-4,7H,5,14H2,1-2H3,(H,15,17,18). The van der Waals surface area contributed by atoms with Crippen LogP contribution in [-0.4, -0.2) is 37.1 Å². The number of nitrogen functional groups attached to an aromatic ring is 1. The first kappa shape index (κ1) is 15.4. The van der Waals surface area contributed by atoms with Gasteiger partial charge in [0.25, 0.3) is 0 Å². The highest BCUT2D eigenvalue weighted by molar-refractivity contribution is 7.89. The lowest BCUT2D eigenvalue weighted by atomic mass is 10.2. The summed E-state index contributed by atoms with van der Waals surface area (Å²) in [5.74, 6) is -2.46. The lowest BCUT2D eigenvalue weighted by molar-refractivity contribution is -0.136. The van der Waals surface area contributed by atoms with Gasteiger partial charge in [0.1, 0.15) is 16.8 Å². The molecule has 0 radical (unpaired) electrons. The molecule has 1 heterocycles. The van der Waals surface area contributed by atoms with Crippen LogP contribution < -0.4 is 11.1 Å². The van der Waals surface area contributed by atoms with E-state index < -0.39 is 45.1 Å². The number of benzene rings is 1. The van der Waals surface area contributed by atoms with Crippen LogP contribution in [0.2, 0.25) is 0 Å². The van der Waals surface area contributed by atoms with Gasteiger partial charge >= 0.3 is 0 Å². The average Bonchev–Trinajstić information content (AvgIpc) is 2.37. The fourth-order valence-corrected chi connectivity index (χ4v) is 3.79. The van der Waals surface area contributed by atoms with E-state index in [0.29, 0.717) is 4.31 Å². The molecule has 7 nitrogen and oxygen atoms in total. The van der Waals surface area contributed by atoms with E-state index in [2.05, 4.69) is 0 Å². The van der Waals surface area contributed by atoms with Gasteiger partial charge in [0.2, 0.25) is 21.8 Å². The fraction of sp³-hybridized carbons (Fsp3) is 0.333. The Morgan fingerprint density at radius 3 is 2.62 bits per heavy atom. The van der Waals surface area contributed by atoms with Crippen LogP contribution in [0.1, 0.15) is 12.5 Å². The van der Waals surface area contributed by atoms with Crippen LogP contribution in [0.15, 0.2) is 17.0 Å². The third kappa shape index (κ3) is 2.61. The number of imide groups is 1.